The molecule has 0 aliphatic heterocycles. The topological polar surface area (TPSA) is 81.2 Å². The summed E-state index contributed by atoms with van der Waals surface area (Å²) in [5.41, 5.74) is 8.02. The summed E-state index contributed by atoms with van der Waals surface area (Å²) in [6.07, 6.45) is 0.179. The van der Waals surface area contributed by atoms with Crippen LogP contribution in [0.25, 0.3) is 5.53 Å². The highest BCUT2D eigenvalue weighted by Gasteiger charge is 2.14. The van der Waals surface area contributed by atoms with Crippen molar-refractivity contribution in [3.8, 4) is 0 Å². The molecule has 0 aromatic carbocycles. The molecule has 0 N–H and O–H groups in total. The summed E-state index contributed by atoms with van der Waals surface area (Å²) >= 11 is 0. The van der Waals surface area contributed by atoms with E-state index in [-0.39, 0.29) is 13.2 Å². The second-order valence-corrected chi connectivity index (χ2v) is 2.21. The molecule has 0 aliphatic rings. The Hall–Kier alpha value is -1.23. The largest absolute Gasteiger partial charge is 0.449 e. The molecule has 0 aliphatic carbocycles. The maximum absolute atomic E-state index is 10.8. The van der Waals surface area contributed by atoms with Crippen LogP contribution < -0.4 is 0 Å². The first-order valence-electron chi connectivity index (χ1n) is 3.60. The van der Waals surface area contributed by atoms with E-state index in [4.69, 9.17) is 19.7 Å². The number of rotatable bonds is 6. The van der Waals surface area contributed by atoms with Gasteiger partial charge in [-0.2, -0.15) is 4.79 Å². The fourth-order valence-corrected chi connectivity index (χ4v) is 0.730. The minimum atomic E-state index is -0.735. The van der Waals surface area contributed by atoms with Gasteiger partial charge in [-0.15, -0.1) is 0 Å². The van der Waals surface area contributed by atoms with Crippen LogP contribution in [0.15, 0.2) is 0 Å². The van der Waals surface area contributed by atoms with Gasteiger partial charge in [0.15, 0.2) is 0 Å². The van der Waals surface area contributed by atoms with E-state index in [9.17, 15) is 4.79 Å². The van der Waals surface area contributed by atoms with E-state index in [2.05, 4.69) is 4.79 Å². The molecule has 6 heteroatoms. The van der Waals surface area contributed by atoms with Gasteiger partial charge in [0.2, 0.25) is 0 Å². The van der Waals surface area contributed by atoms with Crippen LogP contribution in [0.3, 0.4) is 0 Å². The minimum Gasteiger partial charge on any atom is -0.449 e. The molecule has 0 aromatic rings. The summed E-state index contributed by atoms with van der Waals surface area (Å²) < 4.78 is 14.3. The van der Waals surface area contributed by atoms with E-state index in [0.29, 0.717) is 6.21 Å². The van der Waals surface area contributed by atoms with Crippen molar-refractivity contribution in [2.24, 2.45) is 0 Å². The van der Waals surface area contributed by atoms with Gasteiger partial charge in [0, 0.05) is 14.2 Å². The van der Waals surface area contributed by atoms with Crippen LogP contribution in [-0.2, 0) is 19.0 Å². The van der Waals surface area contributed by atoms with E-state index in [1.165, 1.54) is 14.2 Å². The van der Waals surface area contributed by atoms with Crippen molar-refractivity contribution in [2.45, 2.75) is 6.10 Å². The molecule has 0 unspecified atom stereocenters. The smallest absolute Gasteiger partial charge is 0.414 e. The first-order valence-corrected chi connectivity index (χ1v) is 3.60. The molecule has 74 valence electrons. The molecule has 0 spiro atoms. The molecular formula is C7H12N2O4. The first kappa shape index (κ1) is 11.8. The third kappa shape index (κ3) is 5.98. The molecule has 0 amide bonds. The Balaban J connectivity index is 3.92. The molecule has 0 saturated carbocycles. The molecule has 0 fully saturated rings. The molecule has 0 rings (SSSR count). The van der Waals surface area contributed by atoms with Crippen molar-refractivity contribution in [1.29, 1.82) is 0 Å². The van der Waals surface area contributed by atoms with Crippen LogP contribution in [0, 0.1) is 0 Å². The van der Waals surface area contributed by atoms with Crippen LogP contribution >= 0.6 is 0 Å². The Morgan fingerprint density at radius 3 is 2.38 bits per heavy atom. The van der Waals surface area contributed by atoms with Gasteiger partial charge >= 0.3 is 12.2 Å². The van der Waals surface area contributed by atoms with Crippen molar-refractivity contribution >= 4 is 12.2 Å². The number of nitrogens with zero attached hydrogens (tertiary/aromatic N) is 2. The molecule has 0 aromatic heterocycles. The molecule has 6 nitrogen and oxygen atoms in total. The quantitative estimate of drug-likeness (QED) is 0.243. The number of esters is 1. The van der Waals surface area contributed by atoms with Gasteiger partial charge in [-0.25, -0.2) is 4.79 Å². The van der Waals surface area contributed by atoms with Crippen LogP contribution in [0.5, 0.6) is 0 Å². The number of hydrogen-bond acceptors (Lipinski definition) is 4. The first-order chi connectivity index (χ1) is 6.24. The SMILES string of the molecule is COCC(COC)OC(=O)C=[N+]=[N-]. The monoisotopic (exact) mass is 188 g/mol. The van der Waals surface area contributed by atoms with Crippen molar-refractivity contribution in [3.05, 3.63) is 5.53 Å². The predicted octanol–water partition coefficient (Wildman–Crippen LogP) is -0.508. The minimum absolute atomic E-state index is 0.235. The highest BCUT2D eigenvalue weighted by Crippen LogP contribution is 1.93. The van der Waals surface area contributed by atoms with Crippen molar-refractivity contribution in [3.63, 3.8) is 0 Å². The molecule has 0 bridgehead atoms. The highest BCUT2D eigenvalue weighted by molar-refractivity contribution is 6.20. The molecule has 0 saturated heterocycles. The number of hydrogen-bond donors (Lipinski definition) is 0. The average Bonchev–Trinajstić information content (AvgIpc) is 2.05. The Kier molecular flexibility index (Phi) is 6.72. The fourth-order valence-electron chi connectivity index (χ4n) is 0.730. The average molecular weight is 188 g/mol. The lowest BCUT2D eigenvalue weighted by atomic mass is 10.4. The Bertz CT molecular complexity index is 195. The lowest BCUT2D eigenvalue weighted by Crippen LogP contribution is -2.28. The number of methoxy groups -OCH3 is 2. The van der Waals surface area contributed by atoms with Gasteiger partial charge < -0.3 is 19.7 Å². The zero-order valence-corrected chi connectivity index (χ0v) is 7.60. The summed E-state index contributed by atoms with van der Waals surface area (Å²) in [6.45, 7) is 0.470. The van der Waals surface area contributed by atoms with E-state index in [0.717, 1.165) is 0 Å². The predicted molar refractivity (Wildman–Crippen MR) is 43.3 cm³/mol. The van der Waals surface area contributed by atoms with Gasteiger partial charge in [0.1, 0.15) is 6.10 Å². The fraction of sp³-hybridized carbons (Fsp3) is 0.714. The Labute approximate surface area is 76.0 Å². The highest BCUT2D eigenvalue weighted by atomic mass is 16.6. The van der Waals surface area contributed by atoms with E-state index < -0.39 is 12.1 Å². The summed E-state index contributed by atoms with van der Waals surface area (Å²) in [4.78, 5) is 13.3. The van der Waals surface area contributed by atoms with Gasteiger partial charge in [-0.05, 0) is 0 Å². The van der Waals surface area contributed by atoms with E-state index in [1.807, 2.05) is 0 Å². The van der Waals surface area contributed by atoms with Crippen LogP contribution in [0.4, 0.5) is 0 Å². The third-order valence-electron chi connectivity index (χ3n) is 1.15. The molecule has 0 heterocycles. The normalized spacial score (nSPS) is 9.46. The standard InChI is InChI=1S/C7H12N2O4/c1-11-4-6(5-12-2)13-7(10)3-9-8/h3,6H,4-5H2,1-2H3. The van der Waals surface area contributed by atoms with Gasteiger partial charge in [-0.3, -0.25) is 0 Å². The molecule has 0 radical (unpaired) electrons. The molecule has 0 atom stereocenters. The third-order valence-corrected chi connectivity index (χ3v) is 1.15. The summed E-state index contributed by atoms with van der Waals surface area (Å²) in [5.74, 6) is -0.735. The van der Waals surface area contributed by atoms with Crippen molar-refractivity contribution in [1.82, 2.24) is 0 Å². The zero-order chi connectivity index (χ0) is 10.1. The van der Waals surface area contributed by atoms with Crippen LogP contribution in [0.1, 0.15) is 0 Å². The van der Waals surface area contributed by atoms with Gasteiger partial charge in [-0.1, -0.05) is 0 Å². The van der Waals surface area contributed by atoms with Crippen molar-refractivity contribution < 1.29 is 23.8 Å². The lowest BCUT2D eigenvalue weighted by Gasteiger charge is -2.13. The maximum atomic E-state index is 10.8. The Morgan fingerprint density at radius 1 is 1.46 bits per heavy atom. The van der Waals surface area contributed by atoms with Gasteiger partial charge in [0.25, 0.3) is 0 Å². The zero-order valence-electron chi connectivity index (χ0n) is 7.60. The second kappa shape index (κ2) is 7.42. The van der Waals surface area contributed by atoms with Crippen LogP contribution in [0.2, 0.25) is 0 Å². The maximum Gasteiger partial charge on any atom is 0.414 e. The number of carbonyl (C=O) groups is 1. The van der Waals surface area contributed by atoms with E-state index in [1.54, 1.807) is 0 Å². The van der Waals surface area contributed by atoms with Gasteiger partial charge in [0.05, 0.1) is 13.2 Å². The van der Waals surface area contributed by atoms with Crippen LogP contribution in [-0.4, -0.2) is 50.5 Å². The van der Waals surface area contributed by atoms with E-state index >= 15 is 0 Å². The summed E-state index contributed by atoms with van der Waals surface area (Å²) in [5, 5.41) is 0. The van der Waals surface area contributed by atoms with Crippen molar-refractivity contribution in [2.75, 3.05) is 27.4 Å². The number of carbonyl (C=O) groups excluding carboxylic acids is 1. The lowest BCUT2D eigenvalue weighted by molar-refractivity contribution is -0.149. The summed E-state index contributed by atoms with van der Waals surface area (Å²) in [6, 6.07) is 0. The molecular weight excluding hydrogens is 176 g/mol. The molecule has 13 heavy (non-hydrogen) atoms. The number of ether oxygens (including phenoxy) is 3. The second-order valence-electron chi connectivity index (χ2n) is 2.21. The Morgan fingerprint density at radius 2 is 2.00 bits per heavy atom. The summed E-state index contributed by atoms with van der Waals surface area (Å²) in [7, 11) is 2.97.